The summed E-state index contributed by atoms with van der Waals surface area (Å²) in [5, 5.41) is 3.74. The maximum absolute atomic E-state index is 13.0. The number of hydrogen-bond donors (Lipinski definition) is 1. The number of carbonyl (C=O) groups is 2. The molecular formula is C20H36N4O3. The van der Waals surface area contributed by atoms with Crippen LogP contribution in [0.1, 0.15) is 38.5 Å². The first kappa shape index (κ1) is 20.6. The molecule has 3 saturated heterocycles. The topological polar surface area (TPSA) is 65.1 Å². The van der Waals surface area contributed by atoms with Gasteiger partial charge in [0, 0.05) is 77.4 Å². The van der Waals surface area contributed by atoms with E-state index < -0.39 is 0 Å². The van der Waals surface area contributed by atoms with E-state index in [9.17, 15) is 9.59 Å². The fourth-order valence-corrected chi connectivity index (χ4v) is 4.43. The zero-order chi connectivity index (χ0) is 19.2. The van der Waals surface area contributed by atoms with Crippen LogP contribution in [0.25, 0.3) is 0 Å². The van der Waals surface area contributed by atoms with Crippen molar-refractivity contribution in [1.82, 2.24) is 20.0 Å². The highest BCUT2D eigenvalue weighted by Gasteiger charge is 2.31. The molecule has 0 aromatic heterocycles. The number of hydrogen-bond acceptors (Lipinski definition) is 5. The van der Waals surface area contributed by atoms with E-state index in [0.717, 1.165) is 78.0 Å². The molecule has 154 valence electrons. The Morgan fingerprint density at radius 1 is 1.00 bits per heavy atom. The van der Waals surface area contributed by atoms with Gasteiger partial charge in [-0.1, -0.05) is 6.42 Å². The van der Waals surface area contributed by atoms with E-state index in [4.69, 9.17) is 4.74 Å². The predicted molar refractivity (Wildman–Crippen MR) is 104 cm³/mol. The molecule has 2 amide bonds. The molecule has 3 heterocycles. The molecule has 0 saturated carbocycles. The standard InChI is InChI=1S/C20H36N4O3/c1-22-8-10-24(11-9-22)20(26)16-4-3-5-18(15-23(2)19(25)14-16)21-17-6-12-27-13-7-17/h16-18,21H,3-15H2,1-2H3. The number of piperazine rings is 1. The fraction of sp³-hybridized carbons (Fsp3) is 0.900. The minimum Gasteiger partial charge on any atom is -0.381 e. The summed E-state index contributed by atoms with van der Waals surface area (Å²) in [5.41, 5.74) is 0. The summed E-state index contributed by atoms with van der Waals surface area (Å²) in [5.74, 6) is 0.119. The first-order valence-electron chi connectivity index (χ1n) is 10.6. The monoisotopic (exact) mass is 380 g/mol. The van der Waals surface area contributed by atoms with E-state index in [0.29, 0.717) is 18.5 Å². The normalized spacial score (nSPS) is 29.9. The van der Waals surface area contributed by atoms with Crippen LogP contribution in [0.2, 0.25) is 0 Å². The van der Waals surface area contributed by atoms with E-state index in [2.05, 4.69) is 17.3 Å². The highest BCUT2D eigenvalue weighted by molar-refractivity contribution is 5.86. The second-order valence-corrected chi connectivity index (χ2v) is 8.49. The Hall–Kier alpha value is -1.18. The molecule has 27 heavy (non-hydrogen) atoms. The highest BCUT2D eigenvalue weighted by Crippen LogP contribution is 2.22. The van der Waals surface area contributed by atoms with Crippen LogP contribution in [0.3, 0.4) is 0 Å². The Morgan fingerprint density at radius 3 is 2.41 bits per heavy atom. The summed E-state index contributed by atoms with van der Waals surface area (Å²) in [4.78, 5) is 31.7. The molecule has 2 unspecified atom stereocenters. The molecule has 0 aromatic carbocycles. The van der Waals surface area contributed by atoms with E-state index in [-0.39, 0.29) is 17.7 Å². The molecule has 2 atom stereocenters. The van der Waals surface area contributed by atoms with E-state index in [1.165, 1.54) is 0 Å². The van der Waals surface area contributed by atoms with Gasteiger partial charge in [0.1, 0.15) is 0 Å². The predicted octanol–water partition coefficient (Wildman–Crippen LogP) is 0.546. The lowest BCUT2D eigenvalue weighted by molar-refractivity contribution is -0.142. The Balaban J connectivity index is 1.57. The van der Waals surface area contributed by atoms with Gasteiger partial charge in [-0.3, -0.25) is 9.59 Å². The van der Waals surface area contributed by atoms with Gasteiger partial charge in [0.05, 0.1) is 0 Å². The van der Waals surface area contributed by atoms with E-state index in [1.54, 1.807) is 0 Å². The van der Waals surface area contributed by atoms with Crippen molar-refractivity contribution >= 4 is 11.8 Å². The number of likely N-dealkylation sites (N-methyl/N-ethyl adjacent to an activating group) is 2. The molecule has 0 radical (unpaired) electrons. The van der Waals surface area contributed by atoms with Gasteiger partial charge in [0.15, 0.2) is 0 Å². The molecule has 0 aromatic rings. The summed E-state index contributed by atoms with van der Waals surface area (Å²) < 4.78 is 5.45. The van der Waals surface area contributed by atoms with Crippen molar-refractivity contribution in [2.45, 2.75) is 50.6 Å². The number of amides is 2. The first-order chi connectivity index (χ1) is 13.0. The van der Waals surface area contributed by atoms with Crippen molar-refractivity contribution < 1.29 is 14.3 Å². The molecule has 3 aliphatic rings. The third-order valence-corrected chi connectivity index (χ3v) is 6.30. The van der Waals surface area contributed by atoms with Gasteiger partial charge in [-0.15, -0.1) is 0 Å². The first-order valence-corrected chi connectivity index (χ1v) is 10.6. The van der Waals surface area contributed by atoms with Gasteiger partial charge in [-0.05, 0) is 32.7 Å². The molecule has 7 heteroatoms. The minimum atomic E-state index is -0.162. The van der Waals surface area contributed by atoms with E-state index in [1.807, 2.05) is 16.8 Å². The maximum atomic E-state index is 13.0. The number of carbonyl (C=O) groups excluding carboxylic acids is 2. The van der Waals surface area contributed by atoms with Gasteiger partial charge in [0.2, 0.25) is 11.8 Å². The van der Waals surface area contributed by atoms with Crippen molar-refractivity contribution in [3.63, 3.8) is 0 Å². The molecule has 7 nitrogen and oxygen atoms in total. The molecular weight excluding hydrogens is 344 g/mol. The zero-order valence-electron chi connectivity index (χ0n) is 17.0. The summed E-state index contributed by atoms with van der Waals surface area (Å²) in [6.07, 6.45) is 5.26. The SMILES string of the molecule is CN1CCN(C(=O)C2CCCC(NC3CCOCC3)CN(C)C(=O)C2)CC1. The quantitative estimate of drug-likeness (QED) is 0.775. The van der Waals surface area contributed by atoms with Crippen LogP contribution in [-0.4, -0.2) is 98.6 Å². The Morgan fingerprint density at radius 2 is 1.70 bits per heavy atom. The molecule has 0 aliphatic carbocycles. The summed E-state index contributed by atoms with van der Waals surface area (Å²) in [7, 11) is 3.97. The third kappa shape index (κ3) is 5.90. The number of rotatable bonds is 3. The largest absolute Gasteiger partial charge is 0.381 e. The minimum absolute atomic E-state index is 0.100. The average molecular weight is 381 g/mol. The summed E-state index contributed by atoms with van der Waals surface area (Å²) in [6, 6.07) is 0.787. The fourth-order valence-electron chi connectivity index (χ4n) is 4.43. The van der Waals surface area contributed by atoms with Gasteiger partial charge < -0.3 is 24.8 Å². The average Bonchev–Trinajstić information content (AvgIpc) is 2.73. The van der Waals surface area contributed by atoms with Crippen molar-refractivity contribution in [2.24, 2.45) is 5.92 Å². The van der Waals surface area contributed by atoms with Gasteiger partial charge in [-0.2, -0.15) is 0 Å². The molecule has 3 fully saturated rings. The van der Waals surface area contributed by atoms with Crippen LogP contribution in [0.5, 0.6) is 0 Å². The Kier molecular flexibility index (Phi) is 7.49. The van der Waals surface area contributed by atoms with Crippen LogP contribution in [-0.2, 0) is 14.3 Å². The molecule has 1 N–H and O–H groups in total. The van der Waals surface area contributed by atoms with Crippen molar-refractivity contribution in [2.75, 3.05) is 60.0 Å². The van der Waals surface area contributed by atoms with Crippen molar-refractivity contribution in [3.05, 3.63) is 0 Å². The van der Waals surface area contributed by atoms with Crippen molar-refractivity contribution in [1.29, 1.82) is 0 Å². The number of ether oxygens (including phenoxy) is 1. The van der Waals surface area contributed by atoms with Gasteiger partial charge in [0.25, 0.3) is 0 Å². The second kappa shape index (κ2) is 9.85. The van der Waals surface area contributed by atoms with E-state index >= 15 is 0 Å². The van der Waals surface area contributed by atoms with Crippen molar-refractivity contribution in [3.8, 4) is 0 Å². The van der Waals surface area contributed by atoms with Crippen LogP contribution in [0.15, 0.2) is 0 Å². The van der Waals surface area contributed by atoms with Crippen LogP contribution < -0.4 is 5.32 Å². The third-order valence-electron chi connectivity index (χ3n) is 6.30. The smallest absolute Gasteiger partial charge is 0.226 e. The molecule has 0 bridgehead atoms. The molecule has 3 rings (SSSR count). The Labute approximate surface area is 163 Å². The highest BCUT2D eigenvalue weighted by atomic mass is 16.5. The lowest BCUT2D eigenvalue weighted by Gasteiger charge is -2.34. The summed E-state index contributed by atoms with van der Waals surface area (Å²) >= 11 is 0. The lowest BCUT2D eigenvalue weighted by Crippen LogP contribution is -2.49. The van der Waals surface area contributed by atoms with Crippen LogP contribution >= 0.6 is 0 Å². The summed E-state index contributed by atoms with van der Waals surface area (Å²) in [6.45, 7) is 5.77. The second-order valence-electron chi connectivity index (χ2n) is 8.49. The number of nitrogens with one attached hydrogen (secondary N) is 1. The van der Waals surface area contributed by atoms with Gasteiger partial charge >= 0.3 is 0 Å². The molecule has 0 spiro atoms. The van der Waals surface area contributed by atoms with Crippen LogP contribution in [0, 0.1) is 5.92 Å². The lowest BCUT2D eigenvalue weighted by atomic mass is 9.95. The van der Waals surface area contributed by atoms with Crippen LogP contribution in [0.4, 0.5) is 0 Å². The zero-order valence-corrected chi connectivity index (χ0v) is 17.0. The molecule has 3 aliphatic heterocycles. The number of nitrogens with zero attached hydrogens (tertiary/aromatic N) is 3. The maximum Gasteiger partial charge on any atom is 0.226 e. The Bertz CT molecular complexity index is 501. The van der Waals surface area contributed by atoms with Gasteiger partial charge in [-0.25, -0.2) is 0 Å².